The minimum Gasteiger partial charge on any atom is -0.401 e. The second-order valence-electron chi connectivity index (χ2n) is 5.84. The maximum Gasteiger partial charge on any atom is 0.433 e. The molecule has 3 heterocycles. The van der Waals surface area contributed by atoms with E-state index in [-0.39, 0.29) is 11.8 Å². The third-order valence-corrected chi connectivity index (χ3v) is 5.02. The highest BCUT2D eigenvalue weighted by Gasteiger charge is 2.43. The zero-order chi connectivity index (χ0) is 19.0. The van der Waals surface area contributed by atoms with Crippen LogP contribution >= 0.6 is 11.8 Å². The smallest absolute Gasteiger partial charge is 0.401 e. The zero-order valence-corrected chi connectivity index (χ0v) is 14.8. The molecule has 1 amide bonds. The summed E-state index contributed by atoms with van der Waals surface area (Å²) in [6, 6.07) is 9.50. The molecule has 2 aromatic rings. The van der Waals surface area contributed by atoms with E-state index in [0.29, 0.717) is 16.7 Å². The number of carbonyl (C=O) groups is 1. The molecule has 2 aliphatic heterocycles. The molecule has 0 fully saturated rings. The van der Waals surface area contributed by atoms with Crippen LogP contribution in [0.1, 0.15) is 23.5 Å². The molecule has 0 spiro atoms. The Hall–Kier alpha value is -3.27. The number of anilines is 1. The average Bonchev–Trinajstić information content (AvgIpc) is 3.15. The van der Waals surface area contributed by atoms with Gasteiger partial charge in [0, 0.05) is 17.0 Å². The van der Waals surface area contributed by atoms with Crippen LogP contribution in [0, 0.1) is 10.1 Å². The number of para-hydroxylation sites is 1. The van der Waals surface area contributed by atoms with Crippen molar-refractivity contribution in [3.05, 3.63) is 70.5 Å². The van der Waals surface area contributed by atoms with Crippen LogP contribution in [0.2, 0.25) is 0 Å². The number of hydrogen-bond acceptors (Lipinski definition) is 8. The Balaban J connectivity index is 1.79. The van der Waals surface area contributed by atoms with Crippen LogP contribution in [-0.4, -0.2) is 26.8 Å². The Morgan fingerprint density at radius 3 is 2.93 bits per heavy atom. The number of amides is 1. The zero-order valence-electron chi connectivity index (χ0n) is 14.0. The predicted octanol–water partition coefficient (Wildman–Crippen LogP) is 2.98. The summed E-state index contributed by atoms with van der Waals surface area (Å²) < 4.78 is 5.37. The lowest BCUT2D eigenvalue weighted by Gasteiger charge is -2.42. The third kappa shape index (κ3) is 3.04. The molecule has 0 unspecified atom stereocenters. The molecular formula is C17H15N5O4S. The van der Waals surface area contributed by atoms with Gasteiger partial charge in [0.05, 0.1) is 6.07 Å². The van der Waals surface area contributed by atoms with Crippen molar-refractivity contribution in [2.24, 2.45) is 5.10 Å². The fraction of sp³-hybridized carbons (Fsp3) is 0.176. The number of nitro groups is 1. The molecule has 27 heavy (non-hydrogen) atoms. The molecule has 9 nitrogen and oxygen atoms in total. The van der Waals surface area contributed by atoms with Gasteiger partial charge in [0.2, 0.25) is 0 Å². The van der Waals surface area contributed by atoms with Crippen molar-refractivity contribution in [2.75, 3.05) is 11.1 Å². The largest absolute Gasteiger partial charge is 0.433 e. The second kappa shape index (κ2) is 6.80. The number of thioether (sulfide) groups is 1. The van der Waals surface area contributed by atoms with Gasteiger partial charge in [-0.2, -0.15) is 0 Å². The lowest BCUT2D eigenvalue weighted by molar-refractivity contribution is -0.402. The SMILES string of the molecule is C=CCSC1=NN2[C@H](C(=O)N1)c1ccccc1N[C@H]2c1ccc([N+](=O)[O-])o1. The van der Waals surface area contributed by atoms with E-state index in [1.807, 2.05) is 24.3 Å². The summed E-state index contributed by atoms with van der Waals surface area (Å²) in [5, 5.41) is 23.6. The van der Waals surface area contributed by atoms with Gasteiger partial charge in [-0.15, -0.1) is 11.7 Å². The number of fused-ring (bicyclic) bond motifs is 3. The summed E-state index contributed by atoms with van der Waals surface area (Å²) in [5.41, 5.74) is 1.51. The third-order valence-electron chi connectivity index (χ3n) is 4.16. The topological polar surface area (TPSA) is 113 Å². The molecule has 0 aliphatic carbocycles. The number of nitrogens with zero attached hydrogens (tertiary/aromatic N) is 3. The van der Waals surface area contributed by atoms with Gasteiger partial charge in [0.25, 0.3) is 5.91 Å². The molecule has 4 rings (SSSR count). The summed E-state index contributed by atoms with van der Waals surface area (Å²) in [4.78, 5) is 23.2. The van der Waals surface area contributed by atoms with Gasteiger partial charge in [-0.1, -0.05) is 36.0 Å². The Labute approximate surface area is 158 Å². The molecule has 0 saturated heterocycles. The van der Waals surface area contributed by atoms with Crippen molar-refractivity contribution in [2.45, 2.75) is 12.2 Å². The molecule has 10 heteroatoms. The Morgan fingerprint density at radius 1 is 1.37 bits per heavy atom. The molecule has 0 saturated carbocycles. The van der Waals surface area contributed by atoms with E-state index in [0.717, 1.165) is 11.3 Å². The van der Waals surface area contributed by atoms with Crippen molar-refractivity contribution in [1.82, 2.24) is 10.3 Å². The number of amidine groups is 1. The molecule has 0 radical (unpaired) electrons. The maximum atomic E-state index is 12.8. The summed E-state index contributed by atoms with van der Waals surface area (Å²) in [7, 11) is 0. The molecular weight excluding hydrogens is 370 g/mol. The van der Waals surface area contributed by atoms with Gasteiger partial charge in [0.15, 0.2) is 23.1 Å². The molecule has 1 aromatic heterocycles. The van der Waals surface area contributed by atoms with Gasteiger partial charge in [-0.05, 0) is 12.1 Å². The number of hydrogen-bond donors (Lipinski definition) is 2. The first-order chi connectivity index (χ1) is 13.1. The van der Waals surface area contributed by atoms with E-state index < -0.39 is 17.1 Å². The van der Waals surface area contributed by atoms with Crippen molar-refractivity contribution < 1.29 is 14.1 Å². The van der Waals surface area contributed by atoms with Crippen LogP contribution in [0.3, 0.4) is 0 Å². The van der Waals surface area contributed by atoms with Crippen LogP contribution in [0.5, 0.6) is 0 Å². The van der Waals surface area contributed by atoms with E-state index in [4.69, 9.17) is 4.42 Å². The Kier molecular flexibility index (Phi) is 4.32. The van der Waals surface area contributed by atoms with Crippen molar-refractivity contribution in [1.29, 1.82) is 0 Å². The first-order valence-electron chi connectivity index (χ1n) is 8.09. The van der Waals surface area contributed by atoms with Crippen LogP contribution in [0.25, 0.3) is 0 Å². The lowest BCUT2D eigenvalue weighted by Crippen LogP contribution is -2.50. The summed E-state index contributed by atoms with van der Waals surface area (Å²) in [6.07, 6.45) is 1.05. The number of nitrogens with one attached hydrogen (secondary N) is 2. The second-order valence-corrected chi connectivity index (χ2v) is 6.85. The first-order valence-corrected chi connectivity index (χ1v) is 9.08. The number of furan rings is 1. The van der Waals surface area contributed by atoms with E-state index >= 15 is 0 Å². The highest BCUT2D eigenvalue weighted by atomic mass is 32.2. The van der Waals surface area contributed by atoms with Gasteiger partial charge in [0.1, 0.15) is 4.92 Å². The van der Waals surface area contributed by atoms with Crippen molar-refractivity contribution in [3.8, 4) is 0 Å². The van der Waals surface area contributed by atoms with E-state index in [1.165, 1.54) is 23.9 Å². The summed E-state index contributed by atoms with van der Waals surface area (Å²) in [6.45, 7) is 3.66. The number of rotatable bonds is 4. The number of carbonyl (C=O) groups excluding carboxylic acids is 1. The first kappa shape index (κ1) is 17.2. The fourth-order valence-corrected chi connectivity index (χ4v) is 3.64. The monoisotopic (exact) mass is 385 g/mol. The number of hydrazone groups is 1. The molecule has 2 aliphatic rings. The summed E-state index contributed by atoms with van der Waals surface area (Å²) in [5.74, 6) is 0.289. The quantitative estimate of drug-likeness (QED) is 0.472. The molecule has 2 atom stereocenters. The Bertz CT molecular complexity index is 956. The number of benzene rings is 1. The van der Waals surface area contributed by atoms with Crippen LogP contribution < -0.4 is 10.6 Å². The van der Waals surface area contributed by atoms with Crippen molar-refractivity contribution >= 4 is 34.4 Å². The highest BCUT2D eigenvalue weighted by Crippen LogP contribution is 2.43. The fourth-order valence-electron chi connectivity index (χ4n) is 3.04. The van der Waals surface area contributed by atoms with E-state index in [1.54, 1.807) is 11.1 Å². The molecule has 0 bridgehead atoms. The minimum absolute atomic E-state index is 0.225. The molecule has 2 N–H and O–H groups in total. The highest BCUT2D eigenvalue weighted by molar-refractivity contribution is 8.14. The lowest BCUT2D eigenvalue weighted by atomic mass is 9.99. The standard InChI is InChI=1S/C17H15N5O4S/c1-2-9-27-17-19-16(23)14-10-5-3-4-6-11(10)18-15(21(14)20-17)12-7-8-13(26-12)22(24)25/h2-8,14-15,18H,1,9H2,(H,19,20,23)/t14-,15+/m0/s1. The van der Waals surface area contributed by atoms with Gasteiger partial charge in [-0.3, -0.25) is 14.9 Å². The maximum absolute atomic E-state index is 12.8. The Morgan fingerprint density at radius 2 is 2.19 bits per heavy atom. The van der Waals surface area contributed by atoms with Crippen LogP contribution in [-0.2, 0) is 4.79 Å². The molecule has 1 aromatic carbocycles. The van der Waals surface area contributed by atoms with Gasteiger partial charge >= 0.3 is 5.88 Å². The summed E-state index contributed by atoms with van der Waals surface area (Å²) >= 11 is 1.34. The average molecular weight is 385 g/mol. The molecule has 138 valence electrons. The van der Waals surface area contributed by atoms with E-state index in [2.05, 4.69) is 22.3 Å². The van der Waals surface area contributed by atoms with Gasteiger partial charge < -0.3 is 15.1 Å². The van der Waals surface area contributed by atoms with Crippen LogP contribution in [0.15, 0.2) is 58.6 Å². The van der Waals surface area contributed by atoms with Gasteiger partial charge in [-0.25, -0.2) is 5.01 Å². The minimum atomic E-state index is -0.676. The predicted molar refractivity (Wildman–Crippen MR) is 101 cm³/mol. The van der Waals surface area contributed by atoms with E-state index in [9.17, 15) is 14.9 Å². The normalized spacial score (nSPS) is 20.7. The van der Waals surface area contributed by atoms with Crippen molar-refractivity contribution in [3.63, 3.8) is 0 Å². The van der Waals surface area contributed by atoms with Crippen LogP contribution in [0.4, 0.5) is 11.6 Å².